The lowest BCUT2D eigenvalue weighted by Gasteiger charge is -2.15. The van der Waals surface area contributed by atoms with Gasteiger partial charge < -0.3 is 4.90 Å². The summed E-state index contributed by atoms with van der Waals surface area (Å²) in [4.78, 5) is 14.5. The van der Waals surface area contributed by atoms with Crippen molar-refractivity contribution in [3.8, 4) is 0 Å². The van der Waals surface area contributed by atoms with E-state index in [2.05, 4.69) is 33.7 Å². The summed E-state index contributed by atoms with van der Waals surface area (Å²) >= 11 is 13.2. The Bertz CT molecular complexity index is 509. The summed E-state index contributed by atoms with van der Waals surface area (Å²) in [7, 11) is 0. The van der Waals surface area contributed by atoms with Crippen molar-refractivity contribution < 1.29 is 0 Å². The third-order valence-electron chi connectivity index (χ3n) is 2.21. The highest BCUT2D eigenvalue weighted by Crippen LogP contribution is 2.32. The average molecular weight is 277 g/mol. The van der Waals surface area contributed by atoms with Crippen molar-refractivity contribution in [2.24, 2.45) is 0 Å². The van der Waals surface area contributed by atoms with Crippen LogP contribution in [0.2, 0.25) is 10.4 Å². The van der Waals surface area contributed by atoms with E-state index in [4.69, 9.17) is 23.2 Å². The number of halogens is 2. The second-order valence-electron chi connectivity index (χ2n) is 3.10. The average Bonchev–Trinajstić information content (AvgIpc) is 2.63. The standard InChI is InChI=1S/C9H10Cl2N4S/c1-3-15(4-2)9-14-7-5(16-9)6(10)12-8(11)13-7/h3-4H2,1-2H3. The molecule has 16 heavy (non-hydrogen) atoms. The molecule has 0 spiro atoms. The maximum atomic E-state index is 5.98. The van der Waals surface area contributed by atoms with Crippen LogP contribution in [0.1, 0.15) is 13.8 Å². The Morgan fingerprint density at radius 3 is 2.44 bits per heavy atom. The second kappa shape index (κ2) is 4.69. The number of anilines is 1. The minimum absolute atomic E-state index is 0.133. The first-order valence-corrected chi connectivity index (χ1v) is 6.47. The van der Waals surface area contributed by atoms with Gasteiger partial charge in [0.15, 0.2) is 15.9 Å². The van der Waals surface area contributed by atoms with Crippen LogP contribution in [0.4, 0.5) is 5.13 Å². The van der Waals surface area contributed by atoms with Gasteiger partial charge in [0.1, 0.15) is 4.70 Å². The van der Waals surface area contributed by atoms with Gasteiger partial charge in [0.05, 0.1) is 0 Å². The molecule has 0 saturated heterocycles. The molecule has 0 fully saturated rings. The lowest BCUT2D eigenvalue weighted by atomic mass is 10.5. The van der Waals surface area contributed by atoms with Crippen LogP contribution in [0, 0.1) is 0 Å². The Hall–Kier alpha value is -0.650. The molecule has 0 aliphatic heterocycles. The highest BCUT2D eigenvalue weighted by atomic mass is 35.5. The predicted molar refractivity (Wildman–Crippen MR) is 68.8 cm³/mol. The third kappa shape index (κ3) is 2.07. The molecule has 4 nitrogen and oxygen atoms in total. The van der Waals surface area contributed by atoms with Gasteiger partial charge in [-0.3, -0.25) is 0 Å². The van der Waals surface area contributed by atoms with Gasteiger partial charge in [-0.2, -0.15) is 9.97 Å². The topological polar surface area (TPSA) is 41.9 Å². The number of thiazole rings is 1. The monoisotopic (exact) mass is 276 g/mol. The molecule has 0 bridgehead atoms. The first-order valence-electron chi connectivity index (χ1n) is 4.90. The fourth-order valence-corrected chi connectivity index (χ4v) is 2.89. The van der Waals surface area contributed by atoms with Crippen molar-refractivity contribution in [2.75, 3.05) is 18.0 Å². The Kier molecular flexibility index (Phi) is 3.47. The summed E-state index contributed by atoms with van der Waals surface area (Å²) in [5.74, 6) is 0. The molecule has 0 radical (unpaired) electrons. The number of aromatic nitrogens is 3. The van der Waals surface area contributed by atoms with Crippen LogP contribution in [0.3, 0.4) is 0 Å². The van der Waals surface area contributed by atoms with Crippen LogP contribution in [0.25, 0.3) is 10.3 Å². The molecule has 2 aromatic heterocycles. The van der Waals surface area contributed by atoms with E-state index < -0.39 is 0 Å². The summed E-state index contributed by atoms with van der Waals surface area (Å²) in [6.45, 7) is 5.95. The lowest BCUT2D eigenvalue weighted by molar-refractivity contribution is 0.861. The van der Waals surface area contributed by atoms with Gasteiger partial charge in [0, 0.05) is 13.1 Å². The number of nitrogens with zero attached hydrogens (tertiary/aromatic N) is 4. The van der Waals surface area contributed by atoms with Crippen molar-refractivity contribution in [3.63, 3.8) is 0 Å². The van der Waals surface area contributed by atoms with Gasteiger partial charge in [-0.25, -0.2) is 4.98 Å². The van der Waals surface area contributed by atoms with Crippen LogP contribution in [-0.4, -0.2) is 28.0 Å². The molecule has 0 saturated carbocycles. The molecule has 2 aromatic rings. The smallest absolute Gasteiger partial charge is 0.225 e. The molecule has 0 atom stereocenters. The number of hydrogen-bond donors (Lipinski definition) is 0. The number of hydrogen-bond acceptors (Lipinski definition) is 5. The van der Waals surface area contributed by atoms with E-state index in [1.807, 2.05) is 0 Å². The number of fused-ring (bicyclic) bond motifs is 1. The molecule has 0 unspecified atom stereocenters. The SMILES string of the molecule is CCN(CC)c1nc2nc(Cl)nc(Cl)c2s1. The number of rotatable bonds is 3. The van der Waals surface area contributed by atoms with Crippen molar-refractivity contribution >= 4 is 50.0 Å². The van der Waals surface area contributed by atoms with E-state index >= 15 is 0 Å². The van der Waals surface area contributed by atoms with Gasteiger partial charge in [0.2, 0.25) is 5.28 Å². The molecular weight excluding hydrogens is 267 g/mol. The van der Waals surface area contributed by atoms with Crippen LogP contribution < -0.4 is 4.90 Å². The van der Waals surface area contributed by atoms with E-state index in [9.17, 15) is 0 Å². The molecule has 0 aromatic carbocycles. The lowest BCUT2D eigenvalue weighted by Crippen LogP contribution is -2.21. The van der Waals surface area contributed by atoms with Crippen LogP contribution in [-0.2, 0) is 0 Å². The molecule has 0 amide bonds. The Balaban J connectivity index is 2.55. The zero-order valence-electron chi connectivity index (χ0n) is 8.87. The van der Waals surface area contributed by atoms with E-state index in [-0.39, 0.29) is 5.28 Å². The molecule has 86 valence electrons. The van der Waals surface area contributed by atoms with Crippen LogP contribution >= 0.6 is 34.5 Å². The molecule has 7 heteroatoms. The molecular formula is C9H10Cl2N4S. The maximum absolute atomic E-state index is 5.98. The fraction of sp³-hybridized carbons (Fsp3) is 0.444. The van der Waals surface area contributed by atoms with Crippen molar-refractivity contribution in [2.45, 2.75) is 13.8 Å². The summed E-state index contributed by atoms with van der Waals surface area (Å²) < 4.78 is 0.785. The Morgan fingerprint density at radius 1 is 1.12 bits per heavy atom. The molecule has 2 heterocycles. The summed E-state index contributed by atoms with van der Waals surface area (Å²) in [6, 6.07) is 0. The quantitative estimate of drug-likeness (QED) is 0.638. The highest BCUT2D eigenvalue weighted by molar-refractivity contribution is 7.22. The minimum Gasteiger partial charge on any atom is -0.349 e. The summed E-state index contributed by atoms with van der Waals surface area (Å²) in [5.41, 5.74) is 0.567. The Labute approximate surface area is 107 Å². The first kappa shape index (κ1) is 11.8. The van der Waals surface area contributed by atoms with Gasteiger partial charge in [0.25, 0.3) is 0 Å². The molecule has 2 rings (SSSR count). The normalized spacial score (nSPS) is 11.0. The zero-order chi connectivity index (χ0) is 11.7. The van der Waals surface area contributed by atoms with E-state index in [0.29, 0.717) is 10.8 Å². The maximum Gasteiger partial charge on any atom is 0.225 e. The van der Waals surface area contributed by atoms with Crippen molar-refractivity contribution in [3.05, 3.63) is 10.4 Å². The van der Waals surface area contributed by atoms with Gasteiger partial charge in [-0.15, -0.1) is 0 Å². The van der Waals surface area contributed by atoms with Gasteiger partial charge in [-0.05, 0) is 25.4 Å². The van der Waals surface area contributed by atoms with E-state index in [0.717, 1.165) is 22.9 Å². The van der Waals surface area contributed by atoms with Crippen LogP contribution in [0.15, 0.2) is 0 Å². The molecule has 0 N–H and O–H groups in total. The summed E-state index contributed by atoms with van der Waals surface area (Å²) in [5, 5.41) is 1.40. The molecule has 0 aliphatic rings. The minimum atomic E-state index is 0.133. The van der Waals surface area contributed by atoms with Gasteiger partial charge >= 0.3 is 0 Å². The van der Waals surface area contributed by atoms with Crippen molar-refractivity contribution in [1.29, 1.82) is 0 Å². The summed E-state index contributed by atoms with van der Waals surface area (Å²) in [6.07, 6.45) is 0. The molecule has 0 aliphatic carbocycles. The fourth-order valence-electron chi connectivity index (χ4n) is 1.38. The van der Waals surface area contributed by atoms with Gasteiger partial charge in [-0.1, -0.05) is 22.9 Å². The zero-order valence-corrected chi connectivity index (χ0v) is 11.2. The predicted octanol–water partition coefficient (Wildman–Crippen LogP) is 3.24. The van der Waals surface area contributed by atoms with E-state index in [1.54, 1.807) is 0 Å². The van der Waals surface area contributed by atoms with E-state index in [1.165, 1.54) is 11.3 Å². The van der Waals surface area contributed by atoms with Crippen molar-refractivity contribution in [1.82, 2.24) is 15.0 Å². The highest BCUT2D eigenvalue weighted by Gasteiger charge is 2.14. The third-order valence-corrected chi connectivity index (χ3v) is 3.87. The largest absolute Gasteiger partial charge is 0.349 e. The Morgan fingerprint density at radius 2 is 1.81 bits per heavy atom. The van der Waals surface area contributed by atoms with Crippen LogP contribution in [0.5, 0.6) is 0 Å². The first-order chi connectivity index (χ1) is 7.65. The second-order valence-corrected chi connectivity index (χ2v) is 4.78.